The molecule has 810 valence electrons. The number of ether oxygens (including phenoxy) is 9. The smallest absolute Gasteiger partial charge is 0.412 e. The number of para-hydroxylation sites is 2. The lowest BCUT2D eigenvalue weighted by atomic mass is 10.1. The summed E-state index contributed by atoms with van der Waals surface area (Å²) in [6.45, 7) is 2.49. The highest BCUT2D eigenvalue weighted by atomic mass is 31.3. The van der Waals surface area contributed by atoms with Gasteiger partial charge in [0.25, 0.3) is 84.8 Å². The lowest BCUT2D eigenvalue weighted by Crippen LogP contribution is -2.41. The molecule has 9 heterocycles. The Bertz CT molecular complexity index is 6690. The van der Waals surface area contributed by atoms with Crippen molar-refractivity contribution < 1.29 is 201 Å². The van der Waals surface area contributed by atoms with Gasteiger partial charge in [-0.3, -0.25) is 105 Å². The van der Waals surface area contributed by atoms with Crippen LogP contribution in [-0.2, 0) is 139 Å². The van der Waals surface area contributed by atoms with Gasteiger partial charge in [-0.1, -0.05) is 111 Å². The van der Waals surface area contributed by atoms with Gasteiger partial charge >= 0.3 is 40.9 Å². The van der Waals surface area contributed by atoms with Crippen molar-refractivity contribution in [2.45, 2.75) is 177 Å². The Hall–Kier alpha value is -9.71. The van der Waals surface area contributed by atoms with Crippen LogP contribution in [0, 0.1) is 0 Å². The van der Waals surface area contributed by atoms with Gasteiger partial charge in [0.05, 0.1) is 57.9 Å². The Morgan fingerprint density at radius 3 is 1.12 bits per heavy atom. The number of hydrogen-bond acceptors (Lipinski definition) is 51. The lowest BCUT2D eigenvalue weighted by molar-refractivity contribution is -0.249. The van der Waals surface area contributed by atoms with Crippen molar-refractivity contribution in [2.24, 2.45) is 0 Å². The van der Waals surface area contributed by atoms with E-state index in [-0.39, 0.29) is 12.2 Å². The van der Waals surface area contributed by atoms with Crippen molar-refractivity contribution in [3.05, 3.63) is 265 Å². The van der Waals surface area contributed by atoms with Crippen LogP contribution in [0.15, 0.2) is 209 Å². The Labute approximate surface area is 827 Å². The van der Waals surface area contributed by atoms with Gasteiger partial charge in [0.2, 0.25) is 0 Å². The number of anilines is 2. The molecular formula is C78H94N10O51P8-8. The number of carbonyl (C=O) groups is 3. The summed E-state index contributed by atoms with van der Waals surface area (Å²) in [5, 5.41) is 37.0. The standard InChI is InChI=1S/C22H30N2O13P2.C20H26N2O12P2.2C18H23N3O13P2/c1-2-3-4-8-13-33-38(29,30)37-39(31,32)34-14-16-18(26)19(36-21(27)15-9-6-5-7-10-15)20(35-16)24-12-11-17(25)23-22(24)28;1-12(2)33-36(27,28)34-35(25,26)29-11-14-17-18(19(30-14)22-9-8-15(23)21-20(22)24)32-16(31-17)10-13-6-4-3-5-7-13;1-2-30-35(26,27)34-36(28,29)31-10-12-15(33-18(25)19-11-6-4-3-5-7-11)14(23)16(32-12)21-9-8-13(22)20-17(21)24;1-2-30-35(26,27)34-36(28,29)31-10-12-14(23)15(33-18(25)19-11-6-4-3-5-7-11)16(32-12)21-9-8-13(22)20-17(21)24/h5-7,9-12,16,18-20,26H,2-4,8,13-14H2,1H3,(H,29,30)(H,31,32)(H,23,25,28);3-9,12,14,16-19H,10-11H2,1-2H3,(H,25,26)(H,27,28)(H,21,23,24);2*3-9,12,14-16,23H,2,10H2,1H3,(H,19,25)(H,26,27)(H,28,29)(H,20,22,24)/p-8/t16-,18?,19+,20-;14-,16?,17?,18+,19-;12-,14+,15?,16-;12-,14?,15+,16-/m1111/s1. The number of H-pyrrole nitrogens is 4. The molecule has 25 atom stereocenters. The summed E-state index contributed by atoms with van der Waals surface area (Å²) in [7, 11) is -42.9. The molecule has 0 aliphatic carbocycles. The Kier molecular flexibility index (Phi) is 43.2. The predicted octanol–water partition coefficient (Wildman–Crippen LogP) is -0.393. The van der Waals surface area contributed by atoms with Gasteiger partial charge in [-0.15, -0.1) is 0 Å². The highest BCUT2D eigenvalue weighted by Crippen LogP contribution is 2.60. The summed E-state index contributed by atoms with van der Waals surface area (Å²) in [5.74, 6) is -0.895. The first-order valence-electron chi connectivity index (χ1n) is 43.3. The fourth-order valence-corrected chi connectivity index (χ4v) is 22.0. The molecular weight excluding hydrogens is 2140 g/mol. The molecule has 5 aliphatic heterocycles. The van der Waals surface area contributed by atoms with Gasteiger partial charge in [0, 0.05) is 66.8 Å². The number of nitrogens with zero attached hydrogens (tertiary/aromatic N) is 4. The van der Waals surface area contributed by atoms with E-state index in [4.69, 9.17) is 47.2 Å². The Morgan fingerprint density at radius 2 is 0.714 bits per heavy atom. The molecule has 5 fully saturated rings. The molecule has 13 unspecified atom stereocenters. The molecule has 4 aromatic carbocycles. The lowest BCUT2D eigenvalue weighted by Gasteiger charge is -2.32. The number of phosphoric acid groups is 8. The van der Waals surface area contributed by atoms with Crippen molar-refractivity contribution in [1.29, 1.82) is 0 Å². The summed E-state index contributed by atoms with van der Waals surface area (Å²) in [5.41, 5.74) is -4.86. The highest BCUT2D eigenvalue weighted by Gasteiger charge is 2.56. The number of benzene rings is 4. The monoisotopic (exact) mass is 2230 g/mol. The van der Waals surface area contributed by atoms with Crippen molar-refractivity contribution in [2.75, 3.05) is 56.9 Å². The highest BCUT2D eigenvalue weighted by molar-refractivity contribution is 7.61. The van der Waals surface area contributed by atoms with Gasteiger partial charge < -0.3 is 133 Å². The van der Waals surface area contributed by atoms with Gasteiger partial charge in [-0.2, -0.15) is 0 Å². The van der Waals surface area contributed by atoms with Crippen LogP contribution < -0.4 is 94.8 Å². The van der Waals surface area contributed by atoms with E-state index in [9.17, 15) is 144 Å². The fraction of sp³-hybridized carbons (Fsp3) is 0.449. The van der Waals surface area contributed by atoms with Crippen LogP contribution in [0.25, 0.3) is 0 Å². The number of fused-ring (bicyclic) bond motifs is 1. The predicted molar refractivity (Wildman–Crippen MR) is 478 cm³/mol. The van der Waals surface area contributed by atoms with E-state index < -0.39 is 276 Å². The number of esters is 1. The van der Waals surface area contributed by atoms with Crippen molar-refractivity contribution in [3.63, 3.8) is 0 Å². The largest absolute Gasteiger partial charge is 0.756 e. The van der Waals surface area contributed by atoms with Gasteiger partial charge in [-0.05, 0) is 76.1 Å². The number of amides is 2. The number of unbranched alkanes of at least 4 members (excludes halogenated alkanes) is 3. The molecule has 5 aliphatic rings. The number of aliphatic hydroxyl groups excluding tert-OH is 3. The van der Waals surface area contributed by atoms with Crippen LogP contribution in [0.4, 0.5) is 21.0 Å². The van der Waals surface area contributed by atoms with Crippen molar-refractivity contribution in [3.8, 4) is 0 Å². The number of aromatic amines is 4. The minimum atomic E-state index is -5.52. The summed E-state index contributed by atoms with van der Waals surface area (Å²) in [6, 6.07) is 37.0. The van der Waals surface area contributed by atoms with Crippen molar-refractivity contribution >= 4 is 92.1 Å². The maximum atomic E-state index is 12.6. The van der Waals surface area contributed by atoms with Crippen LogP contribution >= 0.6 is 62.6 Å². The molecule has 0 radical (unpaired) electrons. The van der Waals surface area contributed by atoms with Crippen LogP contribution in [-0.4, -0.2) is 204 Å². The molecule has 0 spiro atoms. The third-order valence-electron chi connectivity index (χ3n) is 19.9. The van der Waals surface area contributed by atoms with Gasteiger partial charge in [-0.25, -0.2) is 50.8 Å². The molecule has 61 nitrogen and oxygen atoms in total. The van der Waals surface area contributed by atoms with E-state index in [0.29, 0.717) is 30.6 Å². The minimum Gasteiger partial charge on any atom is -0.756 e. The summed E-state index contributed by atoms with van der Waals surface area (Å²) >= 11 is 0. The first-order valence-corrected chi connectivity index (χ1v) is 55.0. The molecule has 147 heavy (non-hydrogen) atoms. The third kappa shape index (κ3) is 36.6. The fourth-order valence-electron chi connectivity index (χ4n) is 13.8. The molecule has 69 heteroatoms. The summed E-state index contributed by atoms with van der Waals surface area (Å²) in [4.78, 5) is 235. The molecule has 4 aromatic heterocycles. The molecule has 0 bridgehead atoms. The Balaban J connectivity index is 0.000000201. The summed E-state index contributed by atoms with van der Waals surface area (Å²) in [6.07, 6.45) is -19.7. The third-order valence-corrected chi connectivity index (χ3v) is 30.5. The zero-order valence-corrected chi connectivity index (χ0v) is 84.0. The molecule has 8 aromatic rings. The second kappa shape index (κ2) is 53.3. The molecule has 0 saturated carbocycles. The quantitative estimate of drug-likeness (QED) is 0.0102. The Morgan fingerprint density at radius 1 is 0.374 bits per heavy atom. The molecule has 13 rings (SSSR count). The zero-order chi connectivity index (χ0) is 108. The zero-order valence-electron chi connectivity index (χ0n) is 76.8. The first kappa shape index (κ1) is 119. The second-order valence-corrected chi connectivity index (χ2v) is 42.8. The van der Waals surface area contributed by atoms with E-state index in [1.807, 2.05) is 52.2 Å². The topological polar surface area (TPSA) is 870 Å². The van der Waals surface area contributed by atoms with Crippen LogP contribution in [0.1, 0.15) is 101 Å². The number of phosphoric ester groups is 8. The van der Waals surface area contributed by atoms with Gasteiger partial charge in [0.1, 0.15) is 54.9 Å². The SMILES string of the molecule is CC(C)OP(=O)([O-])OP(=O)([O-])OC[C@H]1O[C@@H](n2ccc(=O)[nH]c2=O)[C@H]2OC(Cc3ccccc3)OC12.CCCCCCOP(=O)([O-])OP(=O)([O-])OC[C@H]1O[C@@H](n2ccc(=O)[nH]c2=O)[C@@H](OC(=O)c2ccccc2)C1O.CCOP(=O)([O-])OP(=O)([O-])OC[C@H]1O[C@@H](n2ccc(=O)[nH]c2=O)[C@@H](O)C1OC(=O)Nc1ccccc1.CCOP(=O)([O-])OP(=O)([O-])OC[C@H]1O[C@@H](n2ccc(=O)[nH]c2=O)[C@@H](OC(=O)Nc2ccccc2)C1O. The normalized spacial score (nSPS) is 25.8. The van der Waals surface area contributed by atoms with E-state index in [1.165, 1.54) is 58.2 Å². The molecule has 5 saturated heterocycles. The number of rotatable bonds is 44. The van der Waals surface area contributed by atoms with Crippen molar-refractivity contribution in [1.82, 2.24) is 38.2 Å². The van der Waals surface area contributed by atoms with E-state index in [2.05, 4.69) is 64.5 Å². The minimum absolute atomic E-state index is 0.107. The van der Waals surface area contributed by atoms with E-state index in [1.54, 1.807) is 66.7 Å². The van der Waals surface area contributed by atoms with E-state index in [0.717, 1.165) is 79.5 Å². The number of carbonyl (C=O) groups excluding carboxylic acids is 3. The van der Waals surface area contributed by atoms with Crippen LogP contribution in [0.3, 0.4) is 0 Å². The van der Waals surface area contributed by atoms with Crippen LogP contribution in [0.5, 0.6) is 0 Å². The molecule has 9 N–H and O–H groups in total. The number of aromatic nitrogens is 8. The first-order chi connectivity index (χ1) is 69.2. The maximum Gasteiger partial charge on any atom is 0.412 e. The number of aliphatic hydroxyl groups is 3. The average Bonchev–Trinajstić information content (AvgIpc) is 1.48. The van der Waals surface area contributed by atoms with Crippen LogP contribution in [0.2, 0.25) is 0 Å². The molecule has 2 amide bonds. The number of hydrogen-bond donors (Lipinski definition) is 9. The number of nitrogens with one attached hydrogen (secondary N) is 6. The summed E-state index contributed by atoms with van der Waals surface area (Å²) < 4.78 is 200. The van der Waals surface area contributed by atoms with Gasteiger partial charge in [0.15, 0.2) is 49.5 Å². The van der Waals surface area contributed by atoms with E-state index >= 15 is 0 Å². The average molecular weight is 2240 g/mol. The second-order valence-electron chi connectivity index (χ2n) is 31.1. The maximum absolute atomic E-state index is 12.6.